The Morgan fingerprint density at radius 2 is 2.35 bits per heavy atom. The number of hydrogen-bond acceptors (Lipinski definition) is 2. The number of nitriles is 1. The highest BCUT2D eigenvalue weighted by molar-refractivity contribution is 9.10. The third-order valence-corrected chi connectivity index (χ3v) is 3.57. The number of likely N-dealkylation sites (tertiary alicyclic amines) is 1. The minimum atomic E-state index is -0.259. The fourth-order valence-electron chi connectivity index (χ4n) is 2.17. The summed E-state index contributed by atoms with van der Waals surface area (Å²) in [6, 6.07) is 7.53. The summed E-state index contributed by atoms with van der Waals surface area (Å²) in [5, 5.41) is 8.99. The quantitative estimate of drug-likeness (QED) is 0.799. The lowest BCUT2D eigenvalue weighted by molar-refractivity contribution is 0.0764. The van der Waals surface area contributed by atoms with Crippen molar-refractivity contribution >= 4 is 21.8 Å². The maximum Gasteiger partial charge on any atom is 0.255 e. The van der Waals surface area contributed by atoms with Crippen LogP contribution in [0.5, 0.6) is 0 Å². The molecule has 1 heterocycles. The predicted molar refractivity (Wildman–Crippen MR) is 68.6 cm³/mol. The van der Waals surface area contributed by atoms with Crippen molar-refractivity contribution in [1.29, 1.82) is 5.26 Å². The van der Waals surface area contributed by atoms with Crippen LogP contribution in [0.1, 0.15) is 28.8 Å². The van der Waals surface area contributed by atoms with Crippen LogP contribution in [0, 0.1) is 18.3 Å². The van der Waals surface area contributed by atoms with Gasteiger partial charge in [-0.05, 0) is 43.5 Å². The van der Waals surface area contributed by atoms with Gasteiger partial charge in [0.05, 0.1) is 6.07 Å². The first-order chi connectivity index (χ1) is 8.13. The molecule has 1 aromatic carbocycles. The Morgan fingerprint density at radius 1 is 1.59 bits per heavy atom. The Kier molecular flexibility index (Phi) is 3.49. The number of halogens is 1. The Morgan fingerprint density at radius 3 is 3.00 bits per heavy atom. The van der Waals surface area contributed by atoms with Gasteiger partial charge < -0.3 is 4.90 Å². The van der Waals surface area contributed by atoms with Crippen molar-refractivity contribution in [3.05, 3.63) is 33.8 Å². The van der Waals surface area contributed by atoms with E-state index in [0.717, 1.165) is 22.9 Å². The minimum Gasteiger partial charge on any atom is -0.323 e. The van der Waals surface area contributed by atoms with Gasteiger partial charge in [0.25, 0.3) is 5.91 Å². The number of hydrogen-bond donors (Lipinski definition) is 0. The molecule has 0 N–H and O–H groups in total. The van der Waals surface area contributed by atoms with Crippen LogP contribution in [0.2, 0.25) is 0 Å². The van der Waals surface area contributed by atoms with Gasteiger partial charge in [-0.2, -0.15) is 5.26 Å². The number of benzene rings is 1. The van der Waals surface area contributed by atoms with Crippen molar-refractivity contribution in [1.82, 2.24) is 4.90 Å². The van der Waals surface area contributed by atoms with Gasteiger partial charge in [-0.1, -0.05) is 15.9 Å². The highest BCUT2D eigenvalue weighted by Gasteiger charge is 2.29. The third-order valence-electron chi connectivity index (χ3n) is 3.08. The second kappa shape index (κ2) is 4.89. The topological polar surface area (TPSA) is 44.1 Å². The molecule has 2 rings (SSSR count). The van der Waals surface area contributed by atoms with Gasteiger partial charge in [0.1, 0.15) is 6.04 Å². The van der Waals surface area contributed by atoms with Crippen LogP contribution in [-0.2, 0) is 0 Å². The van der Waals surface area contributed by atoms with Crippen molar-refractivity contribution in [3.8, 4) is 6.07 Å². The van der Waals surface area contributed by atoms with Crippen LogP contribution in [0.25, 0.3) is 0 Å². The van der Waals surface area contributed by atoms with E-state index < -0.39 is 0 Å². The summed E-state index contributed by atoms with van der Waals surface area (Å²) in [5.41, 5.74) is 1.63. The zero-order valence-electron chi connectivity index (χ0n) is 9.61. The molecule has 17 heavy (non-hydrogen) atoms. The Labute approximate surface area is 109 Å². The van der Waals surface area contributed by atoms with E-state index in [1.807, 2.05) is 25.1 Å². The lowest BCUT2D eigenvalue weighted by Crippen LogP contribution is -2.34. The molecule has 4 heteroatoms. The SMILES string of the molecule is Cc1cc(Br)ccc1C(=O)N1CCCC1C#N. The zero-order valence-corrected chi connectivity index (χ0v) is 11.2. The van der Waals surface area contributed by atoms with Crippen LogP contribution in [0.4, 0.5) is 0 Å². The van der Waals surface area contributed by atoms with Gasteiger partial charge in [0, 0.05) is 16.6 Å². The molecule has 1 aliphatic heterocycles. The molecule has 1 atom stereocenters. The van der Waals surface area contributed by atoms with E-state index in [1.54, 1.807) is 4.90 Å². The van der Waals surface area contributed by atoms with Gasteiger partial charge in [-0.15, -0.1) is 0 Å². The average molecular weight is 293 g/mol. The number of rotatable bonds is 1. The Balaban J connectivity index is 2.28. The Hall–Kier alpha value is -1.34. The molecule has 1 aromatic rings. The van der Waals surface area contributed by atoms with E-state index in [2.05, 4.69) is 22.0 Å². The molecule has 1 amide bonds. The summed E-state index contributed by atoms with van der Waals surface area (Å²) < 4.78 is 0.963. The molecule has 0 bridgehead atoms. The van der Waals surface area contributed by atoms with Crippen molar-refractivity contribution in [3.63, 3.8) is 0 Å². The lowest BCUT2D eigenvalue weighted by atomic mass is 10.1. The molecule has 1 saturated heterocycles. The summed E-state index contributed by atoms with van der Waals surface area (Å²) in [5.74, 6) is -0.0287. The minimum absolute atomic E-state index is 0.0287. The largest absolute Gasteiger partial charge is 0.323 e. The van der Waals surface area contributed by atoms with Crippen molar-refractivity contribution < 1.29 is 4.79 Å². The molecular weight excluding hydrogens is 280 g/mol. The second-order valence-electron chi connectivity index (χ2n) is 4.24. The van der Waals surface area contributed by atoms with E-state index in [1.165, 1.54) is 0 Å². The number of amides is 1. The molecule has 3 nitrogen and oxygen atoms in total. The second-order valence-corrected chi connectivity index (χ2v) is 5.16. The van der Waals surface area contributed by atoms with Crippen LogP contribution in [-0.4, -0.2) is 23.4 Å². The first-order valence-corrected chi connectivity index (χ1v) is 6.39. The predicted octanol–water partition coefficient (Wildman–Crippen LogP) is 2.89. The summed E-state index contributed by atoms with van der Waals surface area (Å²) in [6.45, 7) is 2.60. The molecule has 0 radical (unpaired) electrons. The zero-order chi connectivity index (χ0) is 12.4. The van der Waals surface area contributed by atoms with E-state index in [0.29, 0.717) is 12.1 Å². The molecule has 0 saturated carbocycles. The Bertz CT molecular complexity index is 493. The molecule has 1 unspecified atom stereocenters. The maximum atomic E-state index is 12.3. The van der Waals surface area contributed by atoms with Gasteiger partial charge in [0.15, 0.2) is 0 Å². The van der Waals surface area contributed by atoms with E-state index in [9.17, 15) is 4.79 Å². The lowest BCUT2D eigenvalue weighted by Gasteiger charge is -2.20. The summed E-state index contributed by atoms with van der Waals surface area (Å²) in [7, 11) is 0. The fraction of sp³-hybridized carbons (Fsp3) is 0.385. The van der Waals surface area contributed by atoms with Gasteiger partial charge >= 0.3 is 0 Å². The fourth-order valence-corrected chi connectivity index (χ4v) is 2.64. The molecule has 0 aliphatic carbocycles. The number of aryl methyl sites for hydroxylation is 1. The molecular formula is C13H13BrN2O. The maximum absolute atomic E-state index is 12.3. The summed E-state index contributed by atoms with van der Waals surface area (Å²) in [6.07, 6.45) is 1.71. The average Bonchev–Trinajstić information content (AvgIpc) is 2.76. The third kappa shape index (κ3) is 2.34. The summed E-state index contributed by atoms with van der Waals surface area (Å²) >= 11 is 3.38. The van der Waals surface area contributed by atoms with Crippen LogP contribution in [0.3, 0.4) is 0 Å². The smallest absolute Gasteiger partial charge is 0.255 e. The van der Waals surface area contributed by atoms with Gasteiger partial charge in [-0.3, -0.25) is 4.79 Å². The van der Waals surface area contributed by atoms with E-state index in [4.69, 9.17) is 5.26 Å². The number of carbonyl (C=O) groups is 1. The van der Waals surface area contributed by atoms with Crippen LogP contribution >= 0.6 is 15.9 Å². The first kappa shape index (κ1) is 12.1. The van der Waals surface area contributed by atoms with Crippen molar-refractivity contribution in [2.24, 2.45) is 0 Å². The number of carbonyl (C=O) groups excluding carboxylic acids is 1. The molecule has 88 valence electrons. The van der Waals surface area contributed by atoms with E-state index in [-0.39, 0.29) is 11.9 Å². The first-order valence-electron chi connectivity index (χ1n) is 5.60. The van der Waals surface area contributed by atoms with Gasteiger partial charge in [-0.25, -0.2) is 0 Å². The standard InChI is InChI=1S/C13H13BrN2O/c1-9-7-10(14)4-5-12(9)13(17)16-6-2-3-11(16)8-15/h4-5,7,11H,2-3,6H2,1H3. The monoisotopic (exact) mass is 292 g/mol. The van der Waals surface area contributed by atoms with E-state index >= 15 is 0 Å². The van der Waals surface area contributed by atoms with Crippen molar-refractivity contribution in [2.75, 3.05) is 6.54 Å². The summed E-state index contributed by atoms with van der Waals surface area (Å²) in [4.78, 5) is 14.0. The van der Waals surface area contributed by atoms with Crippen LogP contribution in [0.15, 0.2) is 22.7 Å². The van der Waals surface area contributed by atoms with Gasteiger partial charge in [0.2, 0.25) is 0 Å². The molecule has 0 spiro atoms. The molecule has 0 aromatic heterocycles. The van der Waals surface area contributed by atoms with Crippen molar-refractivity contribution in [2.45, 2.75) is 25.8 Å². The highest BCUT2D eigenvalue weighted by Crippen LogP contribution is 2.22. The number of nitrogens with zero attached hydrogens (tertiary/aromatic N) is 2. The normalized spacial score (nSPS) is 19.1. The molecule has 1 fully saturated rings. The molecule has 1 aliphatic rings. The van der Waals surface area contributed by atoms with Crippen LogP contribution < -0.4 is 0 Å². The highest BCUT2D eigenvalue weighted by atomic mass is 79.9.